The van der Waals surface area contributed by atoms with Gasteiger partial charge in [0.1, 0.15) is 0 Å². The molecule has 0 aromatic carbocycles. The van der Waals surface area contributed by atoms with E-state index >= 15 is 0 Å². The largest absolute Gasteiger partial charge is 0.453 e. The summed E-state index contributed by atoms with van der Waals surface area (Å²) in [4.78, 5) is 22.2. The van der Waals surface area contributed by atoms with E-state index in [1.54, 1.807) is 0 Å². The lowest BCUT2D eigenvalue weighted by Gasteiger charge is -2.24. The molecule has 31 heavy (non-hydrogen) atoms. The summed E-state index contributed by atoms with van der Waals surface area (Å²) in [6, 6.07) is 0. The number of nitrogens with zero attached hydrogens (tertiary/aromatic N) is 1. The molecule has 7 heteroatoms. The second kappa shape index (κ2) is 19.5. The maximum Gasteiger partial charge on any atom is 0.453 e. The third-order valence-electron chi connectivity index (χ3n) is 5.15. The standard InChI is InChI=1S/C24H52NO5P/c1-22(2)16-10-7-13-19-28-25(29-20-14-8-11-17-23(3)4)31(26,27)30-21-15-9-12-18-24(5)6/h22-24H,7-21H2,1-6H3,(H,26,27). The summed E-state index contributed by atoms with van der Waals surface area (Å²) in [5, 5.41) is 0. The van der Waals surface area contributed by atoms with Crippen molar-refractivity contribution in [2.24, 2.45) is 17.8 Å². The minimum Gasteiger partial charge on any atom is -0.309 e. The SMILES string of the molecule is CC(C)CCCCCON(OCCCCCC(C)C)P(=O)(O)OCCCCCC(C)C. The van der Waals surface area contributed by atoms with Crippen molar-refractivity contribution in [2.45, 2.75) is 119 Å². The smallest absolute Gasteiger partial charge is 0.309 e. The molecule has 0 saturated carbocycles. The molecule has 0 saturated heterocycles. The van der Waals surface area contributed by atoms with Crippen molar-refractivity contribution in [1.82, 2.24) is 5.00 Å². The quantitative estimate of drug-likeness (QED) is 0.0995. The van der Waals surface area contributed by atoms with Crippen molar-refractivity contribution >= 4 is 7.75 Å². The molecular formula is C24H52NO5P. The van der Waals surface area contributed by atoms with Crippen LogP contribution in [0.2, 0.25) is 0 Å². The molecule has 188 valence electrons. The molecule has 0 rings (SSSR count). The summed E-state index contributed by atoms with van der Waals surface area (Å²) >= 11 is 0. The number of hydrogen-bond donors (Lipinski definition) is 1. The van der Waals surface area contributed by atoms with E-state index in [9.17, 15) is 9.46 Å². The van der Waals surface area contributed by atoms with Crippen LogP contribution in [-0.2, 0) is 18.8 Å². The third kappa shape index (κ3) is 20.4. The molecule has 1 N–H and O–H groups in total. The molecule has 1 atom stereocenters. The summed E-state index contributed by atoms with van der Waals surface area (Å²) in [6.45, 7) is 14.2. The molecule has 0 amide bonds. The van der Waals surface area contributed by atoms with Crippen molar-refractivity contribution in [3.63, 3.8) is 0 Å². The highest BCUT2D eigenvalue weighted by molar-refractivity contribution is 7.49. The monoisotopic (exact) mass is 465 g/mol. The predicted octanol–water partition coefficient (Wildman–Crippen LogP) is 7.92. The van der Waals surface area contributed by atoms with Gasteiger partial charge in [0.05, 0.1) is 19.8 Å². The fourth-order valence-electron chi connectivity index (χ4n) is 3.19. The Balaban J connectivity index is 4.34. The van der Waals surface area contributed by atoms with E-state index in [1.807, 2.05) is 0 Å². The first kappa shape index (κ1) is 31.0. The minimum absolute atomic E-state index is 0.234. The van der Waals surface area contributed by atoms with Crippen LogP contribution < -0.4 is 0 Å². The van der Waals surface area contributed by atoms with E-state index < -0.39 is 7.75 Å². The molecule has 0 spiro atoms. The van der Waals surface area contributed by atoms with Gasteiger partial charge in [-0.15, -0.1) is 0 Å². The highest BCUT2D eigenvalue weighted by Gasteiger charge is 2.32. The molecule has 0 fully saturated rings. The van der Waals surface area contributed by atoms with Crippen molar-refractivity contribution in [3.05, 3.63) is 0 Å². The first-order chi connectivity index (χ1) is 14.6. The lowest BCUT2D eigenvalue weighted by molar-refractivity contribution is -0.316. The molecule has 0 aliphatic carbocycles. The fourth-order valence-corrected chi connectivity index (χ4v) is 4.11. The summed E-state index contributed by atoms with van der Waals surface area (Å²) in [6.07, 6.45) is 12.4. The van der Waals surface area contributed by atoms with Crippen LogP contribution in [0.25, 0.3) is 0 Å². The molecule has 0 heterocycles. The Labute approximate surface area is 192 Å². The lowest BCUT2D eigenvalue weighted by atomic mass is 10.1. The van der Waals surface area contributed by atoms with Crippen LogP contribution in [0.15, 0.2) is 0 Å². The van der Waals surface area contributed by atoms with Crippen molar-refractivity contribution in [3.8, 4) is 0 Å². The van der Waals surface area contributed by atoms with Crippen LogP contribution in [0.1, 0.15) is 119 Å². The first-order valence-electron chi connectivity index (χ1n) is 12.7. The van der Waals surface area contributed by atoms with Crippen molar-refractivity contribution < 1.29 is 23.7 Å². The van der Waals surface area contributed by atoms with Gasteiger partial charge >= 0.3 is 7.75 Å². The zero-order chi connectivity index (χ0) is 23.5. The van der Waals surface area contributed by atoms with E-state index in [0.717, 1.165) is 62.8 Å². The van der Waals surface area contributed by atoms with Gasteiger partial charge in [0, 0.05) is 5.00 Å². The molecule has 0 aromatic heterocycles. The van der Waals surface area contributed by atoms with Gasteiger partial charge in [-0.3, -0.25) is 14.2 Å². The molecule has 0 aliphatic heterocycles. The Morgan fingerprint density at radius 2 is 0.968 bits per heavy atom. The summed E-state index contributed by atoms with van der Waals surface area (Å²) in [5.41, 5.74) is 0. The molecular weight excluding hydrogens is 413 g/mol. The van der Waals surface area contributed by atoms with E-state index in [-0.39, 0.29) is 6.61 Å². The average molecular weight is 466 g/mol. The highest BCUT2D eigenvalue weighted by atomic mass is 31.2. The molecule has 0 bridgehead atoms. The Bertz CT molecular complexity index is 426. The van der Waals surface area contributed by atoms with Gasteiger partial charge in [-0.2, -0.15) is 0 Å². The molecule has 0 aliphatic rings. The van der Waals surface area contributed by atoms with Gasteiger partial charge in [0.15, 0.2) is 0 Å². The van der Waals surface area contributed by atoms with Crippen LogP contribution >= 0.6 is 7.75 Å². The zero-order valence-electron chi connectivity index (χ0n) is 21.3. The van der Waals surface area contributed by atoms with Crippen LogP contribution in [0, 0.1) is 17.8 Å². The Morgan fingerprint density at radius 3 is 1.32 bits per heavy atom. The Morgan fingerprint density at radius 1 is 0.613 bits per heavy atom. The molecule has 0 radical (unpaired) electrons. The highest BCUT2D eigenvalue weighted by Crippen LogP contribution is 2.47. The van der Waals surface area contributed by atoms with E-state index in [4.69, 9.17) is 14.2 Å². The van der Waals surface area contributed by atoms with Crippen LogP contribution in [0.3, 0.4) is 0 Å². The van der Waals surface area contributed by atoms with Gasteiger partial charge in [0.25, 0.3) is 0 Å². The van der Waals surface area contributed by atoms with Gasteiger partial charge in [-0.05, 0) is 37.0 Å². The van der Waals surface area contributed by atoms with Crippen LogP contribution in [-0.4, -0.2) is 29.7 Å². The minimum atomic E-state index is -4.12. The van der Waals surface area contributed by atoms with Crippen LogP contribution in [0.5, 0.6) is 0 Å². The van der Waals surface area contributed by atoms with E-state index in [2.05, 4.69) is 41.5 Å². The van der Waals surface area contributed by atoms with E-state index in [0.29, 0.717) is 31.0 Å². The van der Waals surface area contributed by atoms with Gasteiger partial charge in [-0.1, -0.05) is 99.3 Å². The van der Waals surface area contributed by atoms with Crippen molar-refractivity contribution in [2.75, 3.05) is 19.8 Å². The summed E-state index contributed by atoms with van der Waals surface area (Å²) in [5.74, 6) is 2.08. The fraction of sp³-hybridized carbons (Fsp3) is 1.00. The Kier molecular flexibility index (Phi) is 19.5. The second-order valence-corrected chi connectivity index (χ2v) is 11.5. The molecule has 0 aromatic rings. The maximum absolute atomic E-state index is 12.7. The van der Waals surface area contributed by atoms with Gasteiger partial charge in [-0.25, -0.2) is 4.57 Å². The van der Waals surface area contributed by atoms with Crippen molar-refractivity contribution in [1.29, 1.82) is 0 Å². The maximum atomic E-state index is 12.7. The lowest BCUT2D eigenvalue weighted by Crippen LogP contribution is -2.24. The van der Waals surface area contributed by atoms with E-state index in [1.165, 1.54) is 19.3 Å². The summed E-state index contributed by atoms with van der Waals surface area (Å²) < 4.78 is 18.0. The summed E-state index contributed by atoms with van der Waals surface area (Å²) in [7, 11) is -4.12. The van der Waals surface area contributed by atoms with Gasteiger partial charge < -0.3 is 4.89 Å². The normalized spacial score (nSPS) is 14.3. The van der Waals surface area contributed by atoms with Gasteiger partial charge in [0.2, 0.25) is 0 Å². The number of rotatable bonds is 22. The third-order valence-corrected chi connectivity index (χ3v) is 6.31. The predicted molar refractivity (Wildman–Crippen MR) is 129 cm³/mol. The number of unbranched alkanes of at least 4 members (excludes halogenated alkanes) is 6. The second-order valence-electron chi connectivity index (χ2n) is 9.96. The molecule has 1 unspecified atom stereocenters. The average Bonchev–Trinajstić information content (AvgIpc) is 2.67. The zero-order valence-corrected chi connectivity index (χ0v) is 22.2. The number of hydrogen-bond acceptors (Lipinski definition) is 4. The van der Waals surface area contributed by atoms with Crippen LogP contribution in [0.4, 0.5) is 0 Å². The Hall–Kier alpha value is 0.0300. The topological polar surface area (TPSA) is 68.2 Å². The molecule has 6 nitrogen and oxygen atoms in total. The first-order valence-corrected chi connectivity index (χ1v) is 14.2.